The molecule has 0 aliphatic carbocycles. The molecule has 4 saturated heterocycles. The second-order valence-electron chi connectivity index (χ2n) is 28.7. The van der Waals surface area contributed by atoms with Gasteiger partial charge in [-0.05, 0) is 134 Å². The van der Waals surface area contributed by atoms with Gasteiger partial charge >= 0.3 is 18.3 Å². The monoisotopic (exact) mass is 1360 g/mol. The summed E-state index contributed by atoms with van der Waals surface area (Å²) in [6, 6.07) is 35.3. The Bertz CT molecular complexity index is 4680. The number of nitrogens with one attached hydrogen (secondary N) is 7. The Kier molecular flexibility index (Phi) is 19.1. The SMILES string of the molecule is COC(=O)NC(C(=O)N1CCCC1c1ncc(-c2ccc(-c3ccc(-c4cnc(C5CCCN5C(=O)C(NC(=O)OCC5CNC(c6ncc(-c7ccc(-c8ccc(-c9cnc(C%10CCCN%10C(=O)OC(C)(C)C)[nH]9)c9ccccc89)cc7)[nH]6)C5)C(C)C)[nH]4)c4ncccc34)cc2)[nH]1)C(C)C. The highest BCUT2D eigenvalue weighted by Gasteiger charge is 2.41. The van der Waals surface area contributed by atoms with E-state index < -0.39 is 29.9 Å². The minimum absolute atomic E-state index is 0.0280. The van der Waals surface area contributed by atoms with Gasteiger partial charge in [0.15, 0.2) is 0 Å². The van der Waals surface area contributed by atoms with Crippen LogP contribution in [0.4, 0.5) is 14.4 Å². The van der Waals surface area contributed by atoms with E-state index >= 15 is 0 Å². The van der Waals surface area contributed by atoms with Crippen LogP contribution < -0.4 is 16.0 Å². The van der Waals surface area contributed by atoms with Crippen molar-refractivity contribution in [2.24, 2.45) is 17.8 Å². The number of ether oxygens (including phenoxy) is 3. The van der Waals surface area contributed by atoms with Crippen molar-refractivity contribution in [3.05, 3.63) is 163 Å². The van der Waals surface area contributed by atoms with Gasteiger partial charge in [-0.2, -0.15) is 0 Å². The van der Waals surface area contributed by atoms with E-state index in [0.717, 1.165) is 133 Å². The number of rotatable bonds is 18. The zero-order valence-corrected chi connectivity index (χ0v) is 58.3. The van der Waals surface area contributed by atoms with E-state index in [9.17, 15) is 24.0 Å². The molecule has 0 bridgehead atoms. The molecule has 4 aliphatic rings. The number of alkyl carbamates (subject to hydrolysis) is 2. The smallest absolute Gasteiger partial charge is 0.410 e. The predicted octanol–water partition coefficient (Wildman–Crippen LogP) is 14.2. The van der Waals surface area contributed by atoms with Crippen molar-refractivity contribution in [3.8, 4) is 67.3 Å². The summed E-state index contributed by atoms with van der Waals surface area (Å²) < 4.78 is 16.4. The van der Waals surface area contributed by atoms with Crippen LogP contribution in [0.5, 0.6) is 0 Å². The quantitative estimate of drug-likeness (QED) is 0.0393. The second kappa shape index (κ2) is 28.5. The number of benzene rings is 5. The summed E-state index contributed by atoms with van der Waals surface area (Å²) in [7, 11) is 1.29. The third-order valence-electron chi connectivity index (χ3n) is 20.2. The molecule has 5 amide bonds. The highest BCUT2D eigenvalue weighted by atomic mass is 16.6. The lowest BCUT2D eigenvalue weighted by molar-refractivity contribution is -0.136. The Balaban J connectivity index is 0.574. The van der Waals surface area contributed by atoms with Crippen LogP contribution in [-0.2, 0) is 23.8 Å². The average Bonchev–Trinajstić information content (AvgIpc) is 1.76. The summed E-state index contributed by atoms with van der Waals surface area (Å²) in [6.45, 7) is 15.8. The van der Waals surface area contributed by atoms with Crippen molar-refractivity contribution >= 4 is 51.8 Å². The van der Waals surface area contributed by atoms with Crippen LogP contribution >= 0.6 is 0 Å². The number of imidazole rings is 4. The molecule has 9 heterocycles. The maximum atomic E-state index is 14.6. The number of H-pyrrole nitrogens is 4. The minimum atomic E-state index is -0.818. The topological polar surface area (TPSA) is 286 Å². The number of carbonyl (C=O) groups is 5. The van der Waals surface area contributed by atoms with Crippen molar-refractivity contribution < 1.29 is 38.2 Å². The first-order chi connectivity index (χ1) is 48.8. The van der Waals surface area contributed by atoms with Gasteiger partial charge in [0, 0.05) is 54.8 Å². The van der Waals surface area contributed by atoms with Crippen LogP contribution in [0.3, 0.4) is 0 Å². The molecular formula is C78H87N15O8. The number of aromatic nitrogens is 9. The number of amides is 5. The van der Waals surface area contributed by atoms with Gasteiger partial charge < -0.3 is 59.9 Å². The van der Waals surface area contributed by atoms with Crippen molar-refractivity contribution in [3.63, 3.8) is 0 Å². The zero-order chi connectivity index (χ0) is 70.2. The Morgan fingerprint density at radius 3 is 1.51 bits per heavy atom. The van der Waals surface area contributed by atoms with E-state index in [1.54, 1.807) is 28.4 Å². The summed E-state index contributed by atoms with van der Waals surface area (Å²) in [5, 5.41) is 12.4. The lowest BCUT2D eigenvalue weighted by atomic mass is 9.93. The van der Waals surface area contributed by atoms with E-state index in [2.05, 4.69) is 139 Å². The fraction of sp³-hybridized carbons (Fsp3) is 0.385. The van der Waals surface area contributed by atoms with Crippen molar-refractivity contribution in [2.75, 3.05) is 39.9 Å². The van der Waals surface area contributed by atoms with Crippen molar-refractivity contribution in [1.29, 1.82) is 0 Å². The van der Waals surface area contributed by atoms with E-state index in [1.807, 2.05) is 71.8 Å². The lowest BCUT2D eigenvalue weighted by Gasteiger charge is -2.30. The Hall–Kier alpha value is -10.7. The summed E-state index contributed by atoms with van der Waals surface area (Å²) in [6.07, 6.45) is 13.0. The average molecular weight is 1360 g/mol. The van der Waals surface area contributed by atoms with Gasteiger partial charge in [0.05, 0.1) is 91.0 Å². The van der Waals surface area contributed by atoms with Gasteiger partial charge in [0.1, 0.15) is 41.0 Å². The van der Waals surface area contributed by atoms with Gasteiger partial charge in [-0.1, -0.05) is 125 Å². The molecule has 7 unspecified atom stereocenters. The molecule has 7 atom stereocenters. The van der Waals surface area contributed by atoms with Gasteiger partial charge in [-0.3, -0.25) is 19.5 Å². The third-order valence-corrected chi connectivity index (χ3v) is 20.2. The van der Waals surface area contributed by atoms with Crippen LogP contribution in [-0.4, -0.2) is 147 Å². The molecule has 10 aromatic rings. The molecule has 0 saturated carbocycles. The van der Waals surface area contributed by atoms with E-state index in [1.165, 1.54) is 7.11 Å². The Morgan fingerprint density at radius 1 is 0.515 bits per heavy atom. The summed E-state index contributed by atoms with van der Waals surface area (Å²) in [4.78, 5) is 111. The van der Waals surface area contributed by atoms with E-state index in [-0.39, 0.29) is 66.4 Å². The molecule has 5 aromatic heterocycles. The molecular weight excluding hydrogens is 1270 g/mol. The minimum Gasteiger partial charge on any atom is -0.453 e. The number of pyridine rings is 1. The number of hydrogen-bond donors (Lipinski definition) is 7. The molecule has 4 fully saturated rings. The Morgan fingerprint density at radius 2 is 0.960 bits per heavy atom. The van der Waals surface area contributed by atoms with Gasteiger partial charge in [0.2, 0.25) is 11.8 Å². The molecule has 101 heavy (non-hydrogen) atoms. The molecule has 7 N–H and O–H groups in total. The van der Waals surface area contributed by atoms with Crippen LogP contribution in [0.25, 0.3) is 89.0 Å². The van der Waals surface area contributed by atoms with Gasteiger partial charge in [-0.25, -0.2) is 34.3 Å². The number of fused-ring (bicyclic) bond motifs is 2. The van der Waals surface area contributed by atoms with Crippen molar-refractivity contribution in [2.45, 2.75) is 135 Å². The van der Waals surface area contributed by atoms with Gasteiger partial charge in [-0.15, -0.1) is 0 Å². The molecule has 14 rings (SSSR count). The standard InChI is InChI=1S/C78H87N15O8/c1-44(2)66(89-75(96)99-8)73(94)91-34-12-18-63(91)70-82-40-60(86-70)50-27-23-48(24-28-50)52-30-32-57(68-56(52)17-11-33-79-68)62-42-84-71(88-62)64-19-13-35-92(64)74(95)67(45(3)4)90-76(97)100-43-46-37-58(80-38-46)69-81-39-59(85-69)49-25-21-47(22-26-49)51-29-31-55(54-16-10-9-15-53(51)54)61-41-83-72(87-61)65-20-14-36-93(65)77(98)101-78(5,6)7/h9-11,15-17,21-33,39-42,44-46,58,63-67,80H,12-14,18-20,34-38,43H2,1-8H3,(H,81,85)(H,82,86)(H,83,87)(H,84,88)(H,89,96)(H,90,97). The maximum Gasteiger partial charge on any atom is 0.410 e. The predicted molar refractivity (Wildman–Crippen MR) is 385 cm³/mol. The summed E-state index contributed by atoms with van der Waals surface area (Å²) in [5.74, 6) is 2.27. The number of methoxy groups -OCH3 is 1. The number of nitrogens with zero attached hydrogens (tertiary/aromatic N) is 8. The first kappa shape index (κ1) is 67.5. The first-order valence-electron chi connectivity index (χ1n) is 35.3. The first-order valence-corrected chi connectivity index (χ1v) is 35.3. The molecule has 522 valence electrons. The number of carbonyl (C=O) groups excluding carboxylic acids is 5. The second-order valence-corrected chi connectivity index (χ2v) is 28.7. The number of hydrogen-bond acceptors (Lipinski definition) is 14. The van der Waals surface area contributed by atoms with Crippen LogP contribution in [0.15, 0.2) is 140 Å². The summed E-state index contributed by atoms with van der Waals surface area (Å²) in [5.41, 5.74) is 11.6. The van der Waals surface area contributed by atoms with Gasteiger partial charge in [0.25, 0.3) is 0 Å². The molecule has 4 aliphatic heterocycles. The van der Waals surface area contributed by atoms with E-state index in [0.29, 0.717) is 50.7 Å². The third kappa shape index (κ3) is 14.0. The number of aromatic amines is 4. The van der Waals surface area contributed by atoms with Crippen molar-refractivity contribution in [1.82, 2.24) is 75.5 Å². The number of likely N-dealkylation sites (tertiary alicyclic amines) is 3. The van der Waals surface area contributed by atoms with Crippen LogP contribution in [0.2, 0.25) is 0 Å². The summed E-state index contributed by atoms with van der Waals surface area (Å²) >= 11 is 0. The fourth-order valence-corrected chi connectivity index (χ4v) is 15.0. The highest BCUT2D eigenvalue weighted by molar-refractivity contribution is 6.05. The van der Waals surface area contributed by atoms with Crippen LogP contribution in [0.1, 0.15) is 141 Å². The highest BCUT2D eigenvalue weighted by Crippen LogP contribution is 2.42. The lowest BCUT2D eigenvalue weighted by Crippen LogP contribution is -2.51. The molecule has 23 nitrogen and oxygen atoms in total. The molecule has 23 heteroatoms. The fourth-order valence-electron chi connectivity index (χ4n) is 15.0. The molecule has 0 radical (unpaired) electrons. The molecule has 5 aromatic carbocycles. The zero-order valence-electron chi connectivity index (χ0n) is 58.3. The van der Waals surface area contributed by atoms with E-state index in [4.69, 9.17) is 39.1 Å². The Labute approximate surface area is 586 Å². The largest absolute Gasteiger partial charge is 0.453 e. The van der Waals surface area contributed by atoms with Crippen LogP contribution in [0, 0.1) is 17.8 Å². The normalized spacial score (nSPS) is 19.2. The maximum absolute atomic E-state index is 14.6. The molecule has 0 spiro atoms.